The van der Waals surface area contributed by atoms with Crippen molar-refractivity contribution in [2.24, 2.45) is 13.0 Å². The van der Waals surface area contributed by atoms with Gasteiger partial charge in [0.2, 0.25) is 0 Å². The second kappa shape index (κ2) is 6.37. The van der Waals surface area contributed by atoms with E-state index >= 15 is 0 Å². The van der Waals surface area contributed by atoms with E-state index in [0.29, 0.717) is 22.4 Å². The Morgan fingerprint density at radius 1 is 1.27 bits per heavy atom. The molecule has 0 bridgehead atoms. The van der Waals surface area contributed by atoms with E-state index in [0.717, 1.165) is 24.1 Å². The molecule has 1 saturated carbocycles. The molecule has 6 heteroatoms. The fourth-order valence-electron chi connectivity index (χ4n) is 3.24. The molecule has 0 unspecified atom stereocenters. The Kier molecular flexibility index (Phi) is 4.03. The summed E-state index contributed by atoms with van der Waals surface area (Å²) in [5.74, 6) is 0.259. The largest absolute Gasteiger partial charge is 0.343 e. The number of carbonyl (C=O) groups excluding carboxylic acids is 1. The molecule has 0 aliphatic heterocycles. The number of aromatic nitrogens is 3. The number of carbonyl (C=O) groups is 1. The average molecular weight is 348 g/mol. The number of benzene rings is 1. The van der Waals surface area contributed by atoms with E-state index in [1.54, 1.807) is 31.4 Å². The molecule has 0 radical (unpaired) electrons. The highest BCUT2D eigenvalue weighted by Crippen LogP contribution is 2.41. The Morgan fingerprint density at radius 3 is 2.81 bits per heavy atom. The molecule has 26 heavy (non-hydrogen) atoms. The van der Waals surface area contributed by atoms with Crippen LogP contribution in [0.5, 0.6) is 0 Å². The number of nitrogens with one attached hydrogen (secondary N) is 1. The maximum atomic E-state index is 12.8. The Balaban J connectivity index is 1.65. The van der Waals surface area contributed by atoms with Gasteiger partial charge in [0, 0.05) is 18.8 Å². The molecule has 1 aliphatic carbocycles. The van der Waals surface area contributed by atoms with Gasteiger partial charge in [-0.05, 0) is 55.5 Å². The molecule has 3 aromatic rings. The van der Waals surface area contributed by atoms with Gasteiger partial charge in [-0.3, -0.25) is 14.6 Å². The van der Waals surface area contributed by atoms with E-state index in [2.05, 4.69) is 15.3 Å². The number of fused-ring (bicyclic) bond motifs is 1. The first-order valence-electron chi connectivity index (χ1n) is 8.72. The number of hydrogen-bond acceptors (Lipinski definition) is 4. The molecule has 1 fully saturated rings. The second-order valence-electron chi connectivity index (χ2n) is 6.89. The Hall–Kier alpha value is -3.02. The molecule has 1 N–H and O–H groups in total. The highest BCUT2D eigenvalue weighted by Gasteiger charge is 2.35. The summed E-state index contributed by atoms with van der Waals surface area (Å²) in [4.78, 5) is 33.7. The van der Waals surface area contributed by atoms with Crippen molar-refractivity contribution in [2.45, 2.75) is 25.8 Å². The van der Waals surface area contributed by atoms with Gasteiger partial charge in [-0.2, -0.15) is 0 Å². The van der Waals surface area contributed by atoms with Gasteiger partial charge in [0.1, 0.15) is 0 Å². The molecular formula is C20H20N4O2. The van der Waals surface area contributed by atoms with Crippen LogP contribution in [0.25, 0.3) is 10.9 Å². The summed E-state index contributed by atoms with van der Waals surface area (Å²) < 4.78 is 1.43. The predicted octanol–water partition coefficient (Wildman–Crippen LogP) is 2.52. The second-order valence-corrected chi connectivity index (χ2v) is 6.89. The lowest BCUT2D eigenvalue weighted by Crippen LogP contribution is -2.31. The van der Waals surface area contributed by atoms with Gasteiger partial charge in [0.05, 0.1) is 29.0 Å². The van der Waals surface area contributed by atoms with Crippen molar-refractivity contribution in [1.29, 1.82) is 0 Å². The molecule has 0 spiro atoms. The minimum atomic E-state index is -0.170. The third-order valence-electron chi connectivity index (χ3n) is 4.91. The van der Waals surface area contributed by atoms with Gasteiger partial charge in [-0.25, -0.2) is 4.98 Å². The predicted molar refractivity (Wildman–Crippen MR) is 98.9 cm³/mol. The van der Waals surface area contributed by atoms with Crippen LogP contribution in [-0.2, 0) is 7.05 Å². The minimum Gasteiger partial charge on any atom is -0.343 e. The third-order valence-corrected chi connectivity index (χ3v) is 4.91. The first-order chi connectivity index (χ1) is 12.5. The molecule has 1 aliphatic rings. The van der Waals surface area contributed by atoms with Crippen LogP contribution < -0.4 is 10.9 Å². The summed E-state index contributed by atoms with van der Waals surface area (Å²) in [7, 11) is 1.66. The zero-order chi connectivity index (χ0) is 18.3. The monoisotopic (exact) mass is 348 g/mol. The lowest BCUT2D eigenvalue weighted by Gasteiger charge is -2.19. The lowest BCUT2D eigenvalue weighted by atomic mass is 10.0. The van der Waals surface area contributed by atoms with Crippen LogP contribution >= 0.6 is 0 Å². The molecule has 2 aromatic heterocycles. The molecule has 1 aromatic carbocycles. The average Bonchev–Trinajstić information content (AvgIpc) is 3.48. The Labute approximate surface area is 150 Å². The van der Waals surface area contributed by atoms with Gasteiger partial charge in [-0.15, -0.1) is 0 Å². The normalized spacial score (nSPS) is 15.0. The van der Waals surface area contributed by atoms with Crippen LogP contribution in [0.2, 0.25) is 0 Å². The van der Waals surface area contributed by atoms with Gasteiger partial charge in [0.25, 0.3) is 11.5 Å². The standard InChI is InChI=1S/C20H20N4O2/c1-12-4-3-9-21-17(12)18(13-5-6-13)23-19(25)14-7-8-15-16(10-14)22-11-24(2)20(15)26/h3-4,7-11,13,18H,5-6H2,1-2H3,(H,23,25)/t18-/m0/s1. The highest BCUT2D eigenvalue weighted by molar-refractivity contribution is 5.97. The highest BCUT2D eigenvalue weighted by atomic mass is 16.1. The van der Waals surface area contributed by atoms with Crippen molar-refractivity contribution in [3.8, 4) is 0 Å². The molecule has 6 nitrogen and oxygen atoms in total. The number of rotatable bonds is 4. The van der Waals surface area contributed by atoms with E-state index in [1.807, 2.05) is 19.1 Å². The van der Waals surface area contributed by atoms with E-state index in [9.17, 15) is 9.59 Å². The van der Waals surface area contributed by atoms with E-state index in [1.165, 1.54) is 10.9 Å². The number of amides is 1. The van der Waals surface area contributed by atoms with Crippen molar-refractivity contribution in [1.82, 2.24) is 19.9 Å². The van der Waals surface area contributed by atoms with Crippen molar-refractivity contribution in [3.05, 3.63) is 70.0 Å². The summed E-state index contributed by atoms with van der Waals surface area (Å²) in [6, 6.07) is 8.84. The van der Waals surface area contributed by atoms with E-state index in [4.69, 9.17) is 0 Å². The third kappa shape index (κ3) is 2.98. The number of hydrogen-bond donors (Lipinski definition) is 1. The summed E-state index contributed by atoms with van der Waals surface area (Å²) >= 11 is 0. The van der Waals surface area contributed by atoms with Gasteiger partial charge in [0.15, 0.2) is 0 Å². The summed E-state index contributed by atoms with van der Waals surface area (Å²) in [6.07, 6.45) is 5.42. The van der Waals surface area contributed by atoms with Crippen molar-refractivity contribution >= 4 is 16.8 Å². The van der Waals surface area contributed by atoms with Crippen LogP contribution in [0, 0.1) is 12.8 Å². The Morgan fingerprint density at radius 2 is 2.08 bits per heavy atom. The maximum absolute atomic E-state index is 12.8. The van der Waals surface area contributed by atoms with Crippen molar-refractivity contribution in [3.63, 3.8) is 0 Å². The first kappa shape index (κ1) is 16.4. The van der Waals surface area contributed by atoms with Crippen LogP contribution in [0.3, 0.4) is 0 Å². The van der Waals surface area contributed by atoms with Crippen molar-refractivity contribution < 1.29 is 4.79 Å². The Bertz CT molecular complexity index is 1050. The summed E-state index contributed by atoms with van der Waals surface area (Å²) in [6.45, 7) is 2.01. The molecule has 132 valence electrons. The lowest BCUT2D eigenvalue weighted by molar-refractivity contribution is 0.0930. The maximum Gasteiger partial charge on any atom is 0.260 e. The van der Waals surface area contributed by atoms with Crippen molar-refractivity contribution in [2.75, 3.05) is 0 Å². The smallest absolute Gasteiger partial charge is 0.260 e. The fourth-order valence-corrected chi connectivity index (χ4v) is 3.24. The summed E-state index contributed by atoms with van der Waals surface area (Å²) in [5.41, 5.74) is 2.90. The number of pyridine rings is 1. The molecule has 1 amide bonds. The SMILES string of the molecule is Cc1cccnc1[C@@H](NC(=O)c1ccc2c(=O)n(C)cnc2c1)C1CC1. The zero-order valence-electron chi connectivity index (χ0n) is 14.8. The minimum absolute atomic E-state index is 0.0870. The summed E-state index contributed by atoms with van der Waals surface area (Å²) in [5, 5.41) is 3.64. The van der Waals surface area contributed by atoms with Crippen LogP contribution in [0.15, 0.2) is 47.7 Å². The zero-order valence-corrected chi connectivity index (χ0v) is 14.8. The van der Waals surface area contributed by atoms with Gasteiger partial charge >= 0.3 is 0 Å². The molecule has 0 saturated heterocycles. The quantitative estimate of drug-likeness (QED) is 0.786. The van der Waals surface area contributed by atoms with Crippen LogP contribution in [0.1, 0.15) is 40.5 Å². The number of aryl methyl sites for hydroxylation is 2. The van der Waals surface area contributed by atoms with Crippen LogP contribution in [-0.4, -0.2) is 20.4 Å². The van der Waals surface area contributed by atoms with E-state index < -0.39 is 0 Å². The first-order valence-corrected chi connectivity index (χ1v) is 8.72. The molecule has 4 rings (SSSR count). The molecular weight excluding hydrogens is 328 g/mol. The molecule has 2 heterocycles. The number of nitrogens with zero attached hydrogens (tertiary/aromatic N) is 3. The van der Waals surface area contributed by atoms with Crippen LogP contribution in [0.4, 0.5) is 0 Å². The topological polar surface area (TPSA) is 76.9 Å². The van der Waals surface area contributed by atoms with E-state index in [-0.39, 0.29) is 17.5 Å². The van der Waals surface area contributed by atoms with Gasteiger partial charge < -0.3 is 9.88 Å². The fraction of sp³-hybridized carbons (Fsp3) is 0.300. The molecule has 1 atom stereocenters. The van der Waals surface area contributed by atoms with Gasteiger partial charge in [-0.1, -0.05) is 6.07 Å².